The molecule has 2 saturated carbocycles. The monoisotopic (exact) mass is 245 g/mol. The second kappa shape index (κ2) is 6.12. The van der Waals surface area contributed by atoms with Gasteiger partial charge in [0.15, 0.2) is 0 Å². The molecule has 0 aromatic carbocycles. The maximum Gasteiger partial charge on any atom is 1.00 e. The molecule has 2 rings (SSSR count). The van der Waals surface area contributed by atoms with E-state index in [2.05, 4.69) is 5.32 Å². The van der Waals surface area contributed by atoms with E-state index in [1.165, 1.54) is 0 Å². The van der Waals surface area contributed by atoms with Gasteiger partial charge >= 0.3 is 18.9 Å². The molecule has 0 aromatic rings. The molecule has 0 saturated heterocycles. The zero-order valence-corrected chi connectivity index (χ0v) is 11.3. The van der Waals surface area contributed by atoms with Crippen LogP contribution < -0.4 is 29.3 Å². The van der Waals surface area contributed by atoms with Crippen LogP contribution in [0.3, 0.4) is 0 Å². The normalized spacial score (nSPS) is 28.9. The van der Waals surface area contributed by atoms with Crippen molar-refractivity contribution in [2.24, 2.45) is 11.3 Å². The van der Waals surface area contributed by atoms with Crippen molar-refractivity contribution in [1.29, 1.82) is 0 Å². The van der Waals surface area contributed by atoms with E-state index in [0.717, 1.165) is 38.5 Å². The molecule has 0 heterocycles. The van der Waals surface area contributed by atoms with E-state index in [-0.39, 0.29) is 48.6 Å². The van der Waals surface area contributed by atoms with E-state index in [1.54, 1.807) is 0 Å². The molecule has 1 N–H and O–H groups in total. The number of carbonyl (C=O) groups is 2. The number of hydrogen-bond acceptors (Lipinski definition) is 3. The van der Waals surface area contributed by atoms with E-state index in [9.17, 15) is 14.7 Å². The SMILES string of the molecule is CC1(C(=O)N[C@H]2CC[C@H](CC(=O)[O-])CC2)CC1.[Li+]. The number of carboxylic acid groups (broad SMARTS) is 1. The Bertz CT molecular complexity index is 320. The number of amides is 1. The van der Waals surface area contributed by atoms with Crippen molar-refractivity contribution >= 4 is 11.9 Å². The van der Waals surface area contributed by atoms with Gasteiger partial charge in [0.2, 0.25) is 5.91 Å². The van der Waals surface area contributed by atoms with Crippen LogP contribution in [0.1, 0.15) is 51.9 Å². The van der Waals surface area contributed by atoms with Gasteiger partial charge in [-0.25, -0.2) is 0 Å². The minimum Gasteiger partial charge on any atom is -0.550 e. The summed E-state index contributed by atoms with van der Waals surface area (Å²) in [5, 5.41) is 13.6. The average Bonchev–Trinajstić information content (AvgIpc) is 3.00. The van der Waals surface area contributed by atoms with Gasteiger partial charge in [0, 0.05) is 17.4 Å². The van der Waals surface area contributed by atoms with Crippen molar-refractivity contribution in [3.8, 4) is 0 Å². The number of nitrogens with one attached hydrogen (secondary N) is 1. The summed E-state index contributed by atoms with van der Waals surface area (Å²) >= 11 is 0. The van der Waals surface area contributed by atoms with Crippen LogP contribution in [0, 0.1) is 11.3 Å². The number of hydrogen-bond donors (Lipinski definition) is 1. The van der Waals surface area contributed by atoms with Gasteiger partial charge in [-0.05, 0) is 50.9 Å². The third kappa shape index (κ3) is 4.03. The number of carbonyl (C=O) groups excluding carboxylic acids is 2. The Kier molecular flexibility index (Phi) is 5.30. The summed E-state index contributed by atoms with van der Waals surface area (Å²) in [4.78, 5) is 22.3. The Morgan fingerprint density at radius 3 is 2.22 bits per heavy atom. The Balaban J connectivity index is 0.00000162. The second-order valence-electron chi connectivity index (χ2n) is 5.83. The molecular formula is C13H20LiNO3. The third-order valence-electron chi connectivity index (χ3n) is 4.19. The summed E-state index contributed by atoms with van der Waals surface area (Å²) in [7, 11) is 0. The Hall–Kier alpha value is -0.463. The molecule has 0 unspecified atom stereocenters. The fourth-order valence-corrected chi connectivity index (χ4v) is 2.52. The minimum atomic E-state index is -0.956. The minimum absolute atomic E-state index is 0. The maximum atomic E-state index is 11.8. The van der Waals surface area contributed by atoms with Crippen LogP contribution in [0.5, 0.6) is 0 Å². The summed E-state index contributed by atoms with van der Waals surface area (Å²) in [5.41, 5.74) is -0.109. The third-order valence-corrected chi connectivity index (χ3v) is 4.19. The van der Waals surface area contributed by atoms with Gasteiger partial charge < -0.3 is 15.2 Å². The summed E-state index contributed by atoms with van der Waals surface area (Å²) in [6.45, 7) is 2.00. The van der Waals surface area contributed by atoms with Crippen LogP contribution in [0.4, 0.5) is 0 Å². The first kappa shape index (κ1) is 15.6. The largest absolute Gasteiger partial charge is 1.00 e. The predicted octanol–water partition coefficient (Wildman–Crippen LogP) is -2.39. The summed E-state index contributed by atoms with van der Waals surface area (Å²) < 4.78 is 0. The Labute approximate surface area is 120 Å². The molecule has 2 fully saturated rings. The van der Waals surface area contributed by atoms with E-state index >= 15 is 0 Å². The molecule has 1 amide bonds. The first-order valence-electron chi connectivity index (χ1n) is 6.50. The molecule has 0 aromatic heterocycles. The number of carboxylic acids is 1. The summed E-state index contributed by atoms with van der Waals surface area (Å²) in [6, 6.07) is 0.248. The molecule has 0 spiro atoms. The van der Waals surface area contributed by atoms with Crippen molar-refractivity contribution in [3.05, 3.63) is 0 Å². The number of aliphatic carboxylic acids is 1. The summed E-state index contributed by atoms with van der Waals surface area (Å²) in [6.07, 6.45) is 5.74. The smallest absolute Gasteiger partial charge is 0.550 e. The van der Waals surface area contributed by atoms with E-state index in [4.69, 9.17) is 0 Å². The molecule has 4 nitrogen and oxygen atoms in total. The topological polar surface area (TPSA) is 69.2 Å². The van der Waals surface area contributed by atoms with Crippen LogP contribution in [0.25, 0.3) is 0 Å². The fraction of sp³-hybridized carbons (Fsp3) is 0.846. The fourth-order valence-electron chi connectivity index (χ4n) is 2.52. The van der Waals surface area contributed by atoms with Crippen LogP contribution >= 0.6 is 0 Å². The zero-order valence-electron chi connectivity index (χ0n) is 11.3. The quantitative estimate of drug-likeness (QED) is 0.562. The molecule has 2 aliphatic carbocycles. The zero-order chi connectivity index (χ0) is 12.5. The van der Waals surface area contributed by atoms with E-state index in [1.807, 2.05) is 6.92 Å². The van der Waals surface area contributed by atoms with Crippen molar-refractivity contribution in [2.45, 2.75) is 57.9 Å². The molecule has 96 valence electrons. The van der Waals surface area contributed by atoms with Gasteiger partial charge in [-0.3, -0.25) is 4.79 Å². The molecule has 0 atom stereocenters. The molecule has 0 aliphatic heterocycles. The van der Waals surface area contributed by atoms with E-state index in [0.29, 0.717) is 0 Å². The molecular weight excluding hydrogens is 225 g/mol. The number of rotatable bonds is 4. The van der Waals surface area contributed by atoms with Crippen molar-refractivity contribution in [2.75, 3.05) is 0 Å². The van der Waals surface area contributed by atoms with Crippen LogP contribution in [0.2, 0.25) is 0 Å². The predicted molar refractivity (Wildman–Crippen MR) is 60.9 cm³/mol. The molecule has 5 heteroatoms. The Morgan fingerprint density at radius 2 is 1.78 bits per heavy atom. The van der Waals surface area contributed by atoms with Crippen molar-refractivity contribution in [1.82, 2.24) is 5.32 Å². The van der Waals surface area contributed by atoms with Gasteiger partial charge in [0.05, 0.1) is 0 Å². The van der Waals surface area contributed by atoms with Crippen LogP contribution in [-0.2, 0) is 9.59 Å². The van der Waals surface area contributed by atoms with Crippen LogP contribution in [0.15, 0.2) is 0 Å². The molecule has 0 radical (unpaired) electrons. The first-order valence-corrected chi connectivity index (χ1v) is 6.50. The van der Waals surface area contributed by atoms with Gasteiger partial charge in [-0.2, -0.15) is 0 Å². The van der Waals surface area contributed by atoms with Gasteiger partial charge in [-0.15, -0.1) is 0 Å². The standard InChI is InChI=1S/C13H21NO3.Li/c1-13(6-7-13)12(17)14-10-4-2-9(3-5-10)8-11(15)16;/h9-10H,2-8H2,1H3,(H,14,17)(H,15,16);/q;+1/p-1/t9-,10-;. The van der Waals surface area contributed by atoms with Gasteiger partial charge in [-0.1, -0.05) is 6.92 Å². The van der Waals surface area contributed by atoms with Crippen molar-refractivity contribution < 1.29 is 33.6 Å². The Morgan fingerprint density at radius 1 is 1.22 bits per heavy atom. The van der Waals surface area contributed by atoms with Crippen LogP contribution in [-0.4, -0.2) is 17.9 Å². The van der Waals surface area contributed by atoms with Crippen molar-refractivity contribution in [3.63, 3.8) is 0 Å². The second-order valence-corrected chi connectivity index (χ2v) is 5.83. The van der Waals surface area contributed by atoms with E-state index < -0.39 is 5.97 Å². The molecule has 18 heavy (non-hydrogen) atoms. The maximum absolute atomic E-state index is 11.8. The summed E-state index contributed by atoms with van der Waals surface area (Å²) in [5.74, 6) is -0.534. The van der Waals surface area contributed by atoms with Gasteiger partial charge in [0.1, 0.15) is 0 Å². The first-order chi connectivity index (χ1) is 7.99. The molecule has 0 bridgehead atoms. The van der Waals surface area contributed by atoms with Gasteiger partial charge in [0.25, 0.3) is 0 Å². The molecule has 2 aliphatic rings. The average molecular weight is 245 g/mol.